The average Bonchev–Trinajstić information content (AvgIpc) is 3.02. The van der Waals surface area contributed by atoms with Gasteiger partial charge in [-0.1, -0.05) is 0 Å². The zero-order chi connectivity index (χ0) is 16.1. The van der Waals surface area contributed by atoms with E-state index in [0.29, 0.717) is 12.2 Å². The van der Waals surface area contributed by atoms with Gasteiger partial charge in [-0.3, -0.25) is 9.89 Å². The van der Waals surface area contributed by atoms with E-state index in [1.165, 1.54) is 19.3 Å². The highest BCUT2D eigenvalue weighted by molar-refractivity contribution is 6.04. The SMILES string of the molecule is COc1ccc2[nH]nc(C(=O)NCCCC3CCNCC3)c2c1. The number of carbonyl (C=O) groups excluding carboxylic acids is 1. The molecule has 124 valence electrons. The van der Waals surface area contributed by atoms with Crippen LogP contribution in [0.3, 0.4) is 0 Å². The van der Waals surface area contributed by atoms with Crippen molar-refractivity contribution in [2.75, 3.05) is 26.7 Å². The number of nitrogens with one attached hydrogen (secondary N) is 3. The van der Waals surface area contributed by atoms with Crippen molar-refractivity contribution in [1.29, 1.82) is 0 Å². The molecule has 1 fully saturated rings. The first-order valence-corrected chi connectivity index (χ1v) is 8.29. The average molecular weight is 316 g/mol. The zero-order valence-corrected chi connectivity index (χ0v) is 13.5. The van der Waals surface area contributed by atoms with Crippen LogP contribution >= 0.6 is 0 Å². The minimum Gasteiger partial charge on any atom is -0.497 e. The monoisotopic (exact) mass is 316 g/mol. The molecule has 3 rings (SSSR count). The summed E-state index contributed by atoms with van der Waals surface area (Å²) in [6, 6.07) is 5.55. The normalized spacial score (nSPS) is 15.7. The molecule has 1 aromatic carbocycles. The van der Waals surface area contributed by atoms with Crippen molar-refractivity contribution in [2.45, 2.75) is 25.7 Å². The zero-order valence-electron chi connectivity index (χ0n) is 13.5. The van der Waals surface area contributed by atoms with Crippen molar-refractivity contribution in [1.82, 2.24) is 20.8 Å². The number of aromatic amines is 1. The predicted molar refractivity (Wildman–Crippen MR) is 89.8 cm³/mol. The van der Waals surface area contributed by atoms with Crippen LogP contribution in [0.15, 0.2) is 18.2 Å². The Kier molecular flexibility index (Phi) is 5.12. The molecule has 0 unspecified atom stereocenters. The molecule has 23 heavy (non-hydrogen) atoms. The number of rotatable bonds is 6. The third-order valence-corrected chi connectivity index (χ3v) is 4.52. The number of piperidine rings is 1. The molecule has 1 aromatic heterocycles. The van der Waals surface area contributed by atoms with Gasteiger partial charge in [0.2, 0.25) is 0 Å². The quantitative estimate of drug-likeness (QED) is 0.713. The summed E-state index contributed by atoms with van der Waals surface area (Å²) in [5, 5.41) is 14.2. The van der Waals surface area contributed by atoms with Crippen LogP contribution in [0.2, 0.25) is 0 Å². The number of amides is 1. The van der Waals surface area contributed by atoms with E-state index in [0.717, 1.165) is 42.1 Å². The Bertz CT molecular complexity index is 662. The summed E-state index contributed by atoms with van der Waals surface area (Å²) in [7, 11) is 1.61. The number of nitrogens with zero attached hydrogens (tertiary/aromatic N) is 1. The Morgan fingerprint density at radius 2 is 2.22 bits per heavy atom. The van der Waals surface area contributed by atoms with E-state index in [2.05, 4.69) is 20.8 Å². The number of hydrogen-bond acceptors (Lipinski definition) is 4. The molecule has 0 bridgehead atoms. The van der Waals surface area contributed by atoms with Crippen LogP contribution in [0.1, 0.15) is 36.2 Å². The number of hydrogen-bond donors (Lipinski definition) is 3. The molecule has 6 heteroatoms. The van der Waals surface area contributed by atoms with Gasteiger partial charge in [-0.05, 0) is 62.9 Å². The van der Waals surface area contributed by atoms with Crippen LogP contribution in [0.25, 0.3) is 10.9 Å². The number of ether oxygens (including phenoxy) is 1. The molecule has 0 saturated carbocycles. The summed E-state index contributed by atoms with van der Waals surface area (Å²) in [6.07, 6.45) is 4.69. The fourth-order valence-corrected chi connectivity index (χ4v) is 3.14. The highest BCUT2D eigenvalue weighted by Gasteiger charge is 2.15. The number of H-pyrrole nitrogens is 1. The van der Waals surface area contributed by atoms with E-state index in [4.69, 9.17) is 4.74 Å². The summed E-state index contributed by atoms with van der Waals surface area (Å²) in [5.41, 5.74) is 1.27. The number of aromatic nitrogens is 2. The minimum atomic E-state index is -0.130. The number of fused-ring (bicyclic) bond motifs is 1. The van der Waals surface area contributed by atoms with Crippen molar-refractivity contribution >= 4 is 16.8 Å². The Morgan fingerprint density at radius 3 is 3.00 bits per heavy atom. The molecule has 1 saturated heterocycles. The lowest BCUT2D eigenvalue weighted by Gasteiger charge is -2.22. The van der Waals surface area contributed by atoms with Crippen LogP contribution in [0.5, 0.6) is 5.75 Å². The van der Waals surface area contributed by atoms with Crippen LogP contribution in [0, 0.1) is 5.92 Å². The van der Waals surface area contributed by atoms with Gasteiger partial charge in [-0.25, -0.2) is 0 Å². The van der Waals surface area contributed by atoms with Gasteiger partial charge in [-0.15, -0.1) is 0 Å². The van der Waals surface area contributed by atoms with Crippen LogP contribution in [-0.2, 0) is 0 Å². The molecule has 1 aliphatic rings. The Morgan fingerprint density at radius 1 is 1.39 bits per heavy atom. The van der Waals surface area contributed by atoms with E-state index in [1.54, 1.807) is 7.11 Å². The maximum atomic E-state index is 12.3. The van der Waals surface area contributed by atoms with Gasteiger partial charge in [0.25, 0.3) is 5.91 Å². The van der Waals surface area contributed by atoms with E-state index in [-0.39, 0.29) is 5.91 Å². The van der Waals surface area contributed by atoms with Crippen molar-refractivity contribution < 1.29 is 9.53 Å². The minimum absolute atomic E-state index is 0.130. The van der Waals surface area contributed by atoms with Crippen molar-refractivity contribution in [3.05, 3.63) is 23.9 Å². The maximum absolute atomic E-state index is 12.3. The molecular weight excluding hydrogens is 292 g/mol. The standard InChI is InChI=1S/C17H24N4O2/c1-23-13-4-5-15-14(11-13)16(21-20-15)17(22)19-8-2-3-12-6-9-18-10-7-12/h4-5,11-12,18H,2-3,6-10H2,1H3,(H,19,22)(H,20,21). The first-order chi connectivity index (χ1) is 11.3. The smallest absolute Gasteiger partial charge is 0.272 e. The third-order valence-electron chi connectivity index (χ3n) is 4.52. The summed E-state index contributed by atoms with van der Waals surface area (Å²) in [4.78, 5) is 12.3. The lowest BCUT2D eigenvalue weighted by atomic mass is 9.93. The lowest BCUT2D eigenvalue weighted by molar-refractivity contribution is 0.0948. The number of methoxy groups -OCH3 is 1. The lowest BCUT2D eigenvalue weighted by Crippen LogP contribution is -2.29. The van der Waals surface area contributed by atoms with Gasteiger partial charge in [0, 0.05) is 11.9 Å². The second kappa shape index (κ2) is 7.46. The van der Waals surface area contributed by atoms with Gasteiger partial charge in [0.1, 0.15) is 5.75 Å². The van der Waals surface area contributed by atoms with Crippen LogP contribution in [-0.4, -0.2) is 42.8 Å². The highest BCUT2D eigenvalue weighted by Crippen LogP contribution is 2.22. The highest BCUT2D eigenvalue weighted by atomic mass is 16.5. The van der Waals surface area contributed by atoms with Gasteiger partial charge >= 0.3 is 0 Å². The molecule has 0 radical (unpaired) electrons. The van der Waals surface area contributed by atoms with Crippen molar-refractivity contribution in [3.8, 4) is 5.75 Å². The molecule has 0 aliphatic carbocycles. The summed E-state index contributed by atoms with van der Waals surface area (Å²) in [6.45, 7) is 2.94. The van der Waals surface area contributed by atoms with Crippen molar-refractivity contribution in [3.63, 3.8) is 0 Å². The van der Waals surface area contributed by atoms with Gasteiger partial charge in [0.15, 0.2) is 5.69 Å². The summed E-state index contributed by atoms with van der Waals surface area (Å²) >= 11 is 0. The summed E-state index contributed by atoms with van der Waals surface area (Å²) in [5.74, 6) is 1.39. The maximum Gasteiger partial charge on any atom is 0.272 e. The first kappa shape index (κ1) is 15.8. The van der Waals surface area contributed by atoms with E-state index in [9.17, 15) is 4.79 Å². The molecule has 1 amide bonds. The molecule has 0 atom stereocenters. The topological polar surface area (TPSA) is 79.0 Å². The molecule has 3 N–H and O–H groups in total. The fourth-order valence-electron chi connectivity index (χ4n) is 3.14. The molecule has 1 aliphatic heterocycles. The first-order valence-electron chi connectivity index (χ1n) is 8.29. The van der Waals surface area contributed by atoms with Gasteiger partial charge in [0.05, 0.1) is 12.6 Å². The molecule has 2 aromatic rings. The Labute approximate surface area is 136 Å². The van der Waals surface area contributed by atoms with Gasteiger partial charge < -0.3 is 15.4 Å². The molecular formula is C17H24N4O2. The summed E-state index contributed by atoms with van der Waals surface area (Å²) < 4.78 is 5.21. The predicted octanol–water partition coefficient (Wildman–Crippen LogP) is 2.08. The molecule has 2 heterocycles. The van der Waals surface area contributed by atoms with Crippen molar-refractivity contribution in [2.24, 2.45) is 5.92 Å². The number of carbonyl (C=O) groups is 1. The largest absolute Gasteiger partial charge is 0.497 e. The van der Waals surface area contributed by atoms with E-state index >= 15 is 0 Å². The fraction of sp³-hybridized carbons (Fsp3) is 0.529. The van der Waals surface area contributed by atoms with Gasteiger partial charge in [-0.2, -0.15) is 5.10 Å². The van der Waals surface area contributed by atoms with Crippen LogP contribution in [0.4, 0.5) is 0 Å². The van der Waals surface area contributed by atoms with E-state index < -0.39 is 0 Å². The third kappa shape index (κ3) is 3.82. The number of benzene rings is 1. The second-order valence-electron chi connectivity index (χ2n) is 6.08. The Balaban J connectivity index is 1.53. The molecule has 0 spiro atoms. The van der Waals surface area contributed by atoms with Crippen LogP contribution < -0.4 is 15.4 Å². The Hall–Kier alpha value is -2.08. The van der Waals surface area contributed by atoms with E-state index in [1.807, 2.05) is 18.2 Å². The second-order valence-corrected chi connectivity index (χ2v) is 6.08. The molecule has 6 nitrogen and oxygen atoms in total.